The van der Waals surface area contributed by atoms with Crippen LogP contribution in [0.2, 0.25) is 0 Å². The van der Waals surface area contributed by atoms with E-state index in [0.29, 0.717) is 0 Å². The summed E-state index contributed by atoms with van der Waals surface area (Å²) in [6.07, 6.45) is 0.895. The predicted octanol–water partition coefficient (Wildman–Crippen LogP) is 4.12. The molecule has 0 saturated carbocycles. The zero-order chi connectivity index (χ0) is 24.1. The molecule has 0 spiro atoms. The van der Waals surface area contributed by atoms with E-state index < -0.39 is 34.2 Å². The van der Waals surface area contributed by atoms with Crippen molar-refractivity contribution in [3.05, 3.63) is 87.1 Å². The molecule has 0 amide bonds. The number of anilines is 1. The molecule has 0 radical (unpaired) electrons. The van der Waals surface area contributed by atoms with Crippen LogP contribution in [-0.2, 0) is 16.0 Å². The molecule has 0 saturated heterocycles. The molecule has 0 unspecified atom stereocenters. The van der Waals surface area contributed by atoms with Crippen molar-refractivity contribution < 1.29 is 32.8 Å². The molecule has 0 bridgehead atoms. The van der Waals surface area contributed by atoms with E-state index in [1.54, 1.807) is 0 Å². The summed E-state index contributed by atoms with van der Waals surface area (Å²) in [7, 11) is 2.20. The van der Waals surface area contributed by atoms with Crippen LogP contribution in [0.5, 0.6) is 0 Å². The van der Waals surface area contributed by atoms with Crippen LogP contribution in [0.25, 0.3) is 11.1 Å². The van der Waals surface area contributed by atoms with Crippen molar-refractivity contribution in [3.8, 4) is 11.1 Å². The minimum absolute atomic E-state index is 0.0788. The van der Waals surface area contributed by atoms with Crippen molar-refractivity contribution in [2.24, 2.45) is 0 Å². The fraction of sp³-hybridized carbons (Fsp3) is 0.136. The van der Waals surface area contributed by atoms with Gasteiger partial charge in [0.15, 0.2) is 0 Å². The first-order valence-corrected chi connectivity index (χ1v) is 9.39. The van der Waals surface area contributed by atoms with E-state index in [-0.39, 0.29) is 40.2 Å². The van der Waals surface area contributed by atoms with Gasteiger partial charge in [-0.25, -0.2) is 23.4 Å². The maximum absolute atomic E-state index is 14.8. The number of nitrogens with one attached hydrogen (secondary N) is 1. The number of benzene rings is 2. The molecule has 2 aromatic carbocycles. The number of hydrogen-bond acceptors (Lipinski definition) is 8. The van der Waals surface area contributed by atoms with Crippen LogP contribution in [0.1, 0.15) is 26.3 Å². The Morgan fingerprint density at radius 1 is 1.06 bits per heavy atom. The fourth-order valence-corrected chi connectivity index (χ4v) is 3.08. The molecule has 0 fully saturated rings. The SMILES string of the molecule is COC(=O)c1cc(NCc2ccc(-c3cccc(F)c3C(=O)OC)cc2F)ncc1[N+](=O)[O-]. The van der Waals surface area contributed by atoms with Gasteiger partial charge in [0.25, 0.3) is 0 Å². The standard InChI is InChI=1S/C22H17F2N3O6/c1-32-21(28)15-9-19(26-11-18(15)27(30)31)25-10-13-7-6-12(8-17(13)24)14-4-3-5-16(23)20(14)22(29)33-2/h3-9,11H,10H2,1-2H3,(H,25,26). The Hall–Kier alpha value is -4.41. The van der Waals surface area contributed by atoms with Gasteiger partial charge in [-0.1, -0.05) is 24.3 Å². The first kappa shape index (κ1) is 23.3. The molecule has 0 aliphatic rings. The van der Waals surface area contributed by atoms with Crippen LogP contribution in [0, 0.1) is 21.7 Å². The van der Waals surface area contributed by atoms with E-state index in [1.165, 1.54) is 24.3 Å². The molecule has 1 heterocycles. The van der Waals surface area contributed by atoms with E-state index in [1.807, 2.05) is 0 Å². The summed E-state index contributed by atoms with van der Waals surface area (Å²) in [5.41, 5.74) is -0.528. The third kappa shape index (κ3) is 4.92. The Balaban J connectivity index is 1.86. The highest BCUT2D eigenvalue weighted by atomic mass is 19.1. The molecule has 1 N–H and O–H groups in total. The summed E-state index contributed by atoms with van der Waals surface area (Å²) >= 11 is 0. The number of pyridine rings is 1. The maximum atomic E-state index is 14.8. The number of carbonyl (C=O) groups is 2. The molecule has 3 aromatic rings. The normalized spacial score (nSPS) is 10.4. The lowest BCUT2D eigenvalue weighted by Crippen LogP contribution is -2.09. The fourth-order valence-electron chi connectivity index (χ4n) is 3.08. The van der Waals surface area contributed by atoms with Crippen molar-refractivity contribution in [2.45, 2.75) is 6.54 Å². The average Bonchev–Trinajstić information content (AvgIpc) is 2.81. The zero-order valence-corrected chi connectivity index (χ0v) is 17.4. The largest absolute Gasteiger partial charge is 0.465 e. The highest BCUT2D eigenvalue weighted by molar-refractivity contribution is 5.97. The minimum atomic E-state index is -0.917. The van der Waals surface area contributed by atoms with Gasteiger partial charge in [0.2, 0.25) is 0 Å². The topological polar surface area (TPSA) is 121 Å². The van der Waals surface area contributed by atoms with Crippen LogP contribution in [0.15, 0.2) is 48.7 Å². The van der Waals surface area contributed by atoms with Crippen molar-refractivity contribution in [1.29, 1.82) is 0 Å². The highest BCUT2D eigenvalue weighted by Crippen LogP contribution is 2.28. The lowest BCUT2D eigenvalue weighted by Gasteiger charge is -2.12. The van der Waals surface area contributed by atoms with Crippen molar-refractivity contribution in [1.82, 2.24) is 4.98 Å². The van der Waals surface area contributed by atoms with Gasteiger partial charge in [-0.05, 0) is 23.3 Å². The van der Waals surface area contributed by atoms with Crippen molar-refractivity contribution in [3.63, 3.8) is 0 Å². The second-order valence-corrected chi connectivity index (χ2v) is 6.65. The molecule has 0 aliphatic heterocycles. The first-order chi connectivity index (χ1) is 15.8. The predicted molar refractivity (Wildman–Crippen MR) is 113 cm³/mol. The number of halogens is 2. The zero-order valence-electron chi connectivity index (χ0n) is 17.4. The van der Waals surface area contributed by atoms with E-state index in [4.69, 9.17) is 0 Å². The monoisotopic (exact) mass is 457 g/mol. The van der Waals surface area contributed by atoms with Crippen LogP contribution in [0.4, 0.5) is 20.3 Å². The lowest BCUT2D eigenvalue weighted by atomic mass is 9.98. The van der Waals surface area contributed by atoms with E-state index in [9.17, 15) is 28.5 Å². The summed E-state index contributed by atoms with van der Waals surface area (Å²) in [4.78, 5) is 37.9. The number of carbonyl (C=O) groups excluding carboxylic acids is 2. The summed E-state index contributed by atoms with van der Waals surface area (Å²) in [5.74, 6) is -3.17. The maximum Gasteiger partial charge on any atom is 0.345 e. The van der Waals surface area contributed by atoms with Crippen LogP contribution >= 0.6 is 0 Å². The van der Waals surface area contributed by atoms with Crippen LogP contribution in [-0.4, -0.2) is 36.1 Å². The smallest absolute Gasteiger partial charge is 0.345 e. The van der Waals surface area contributed by atoms with Gasteiger partial charge in [-0.3, -0.25) is 10.1 Å². The second kappa shape index (κ2) is 9.81. The summed E-state index contributed by atoms with van der Waals surface area (Å²) in [6.45, 7) is -0.0788. The Bertz CT molecular complexity index is 1250. The third-order valence-electron chi connectivity index (χ3n) is 4.71. The number of hydrogen-bond donors (Lipinski definition) is 1. The molecule has 0 aliphatic carbocycles. The number of aromatic nitrogens is 1. The average molecular weight is 457 g/mol. The molecule has 170 valence electrons. The molecule has 11 heteroatoms. The second-order valence-electron chi connectivity index (χ2n) is 6.65. The van der Waals surface area contributed by atoms with Crippen molar-refractivity contribution >= 4 is 23.4 Å². The molecule has 3 rings (SSSR count). The first-order valence-electron chi connectivity index (χ1n) is 9.39. The molecule has 33 heavy (non-hydrogen) atoms. The number of nitro groups is 1. The van der Waals surface area contributed by atoms with E-state index >= 15 is 0 Å². The van der Waals surface area contributed by atoms with Gasteiger partial charge >= 0.3 is 17.6 Å². The number of ether oxygens (including phenoxy) is 2. The molecule has 0 atom stereocenters. The third-order valence-corrected chi connectivity index (χ3v) is 4.71. The number of nitrogens with zero attached hydrogens (tertiary/aromatic N) is 2. The van der Waals surface area contributed by atoms with Gasteiger partial charge in [-0.15, -0.1) is 0 Å². The van der Waals surface area contributed by atoms with Gasteiger partial charge in [0, 0.05) is 18.2 Å². The summed E-state index contributed by atoms with van der Waals surface area (Å²) in [6, 6.07) is 9.17. The summed E-state index contributed by atoms with van der Waals surface area (Å²) in [5, 5.41) is 13.8. The quantitative estimate of drug-likeness (QED) is 0.320. The van der Waals surface area contributed by atoms with Gasteiger partial charge < -0.3 is 14.8 Å². The lowest BCUT2D eigenvalue weighted by molar-refractivity contribution is -0.385. The molecular formula is C22H17F2N3O6. The minimum Gasteiger partial charge on any atom is -0.465 e. The van der Waals surface area contributed by atoms with E-state index in [2.05, 4.69) is 19.8 Å². The molecule has 1 aromatic heterocycles. The summed E-state index contributed by atoms with van der Waals surface area (Å²) < 4.78 is 38.1. The number of methoxy groups -OCH3 is 2. The molecular weight excluding hydrogens is 440 g/mol. The Labute approximate surface area is 186 Å². The number of rotatable bonds is 7. The van der Waals surface area contributed by atoms with Gasteiger partial charge in [0.1, 0.15) is 34.8 Å². The van der Waals surface area contributed by atoms with Crippen LogP contribution in [0.3, 0.4) is 0 Å². The molecule has 9 nitrogen and oxygen atoms in total. The highest BCUT2D eigenvalue weighted by Gasteiger charge is 2.23. The van der Waals surface area contributed by atoms with Crippen LogP contribution < -0.4 is 5.32 Å². The van der Waals surface area contributed by atoms with Crippen molar-refractivity contribution in [2.75, 3.05) is 19.5 Å². The van der Waals surface area contributed by atoms with Gasteiger partial charge in [-0.2, -0.15) is 0 Å². The van der Waals surface area contributed by atoms with E-state index in [0.717, 1.165) is 38.6 Å². The Kier molecular flexibility index (Phi) is 6.91. The Morgan fingerprint density at radius 2 is 1.79 bits per heavy atom. The Morgan fingerprint density at radius 3 is 2.42 bits per heavy atom. The van der Waals surface area contributed by atoms with Gasteiger partial charge in [0.05, 0.1) is 19.1 Å². The number of esters is 2.